The normalized spacial score (nSPS) is 10.5. The molecular weight excluding hydrogens is 290 g/mol. The van der Waals surface area contributed by atoms with Crippen LogP contribution >= 0.6 is 0 Å². The van der Waals surface area contributed by atoms with Crippen molar-refractivity contribution in [3.05, 3.63) is 54.2 Å². The van der Waals surface area contributed by atoms with Crippen molar-refractivity contribution in [3.63, 3.8) is 0 Å². The van der Waals surface area contributed by atoms with Gasteiger partial charge in [-0.15, -0.1) is 5.10 Å². The zero-order chi connectivity index (χ0) is 15.5. The highest BCUT2D eigenvalue weighted by Crippen LogP contribution is 2.38. The number of aromatic nitrogens is 3. The Morgan fingerprint density at radius 3 is 2.68 bits per heavy atom. The van der Waals surface area contributed by atoms with E-state index in [9.17, 15) is 8.78 Å². The molecule has 1 heterocycles. The highest BCUT2D eigenvalue weighted by Gasteiger charge is 2.15. The molecule has 112 valence electrons. The number of para-hydroxylation sites is 1. The number of H-pyrrole nitrogens is 1. The number of nitrogens with one attached hydrogen (secondary N) is 2. The minimum absolute atomic E-state index is 0.252. The highest BCUT2D eigenvalue weighted by molar-refractivity contribution is 5.80. The summed E-state index contributed by atoms with van der Waals surface area (Å²) in [5.74, 6) is -0.361. The van der Waals surface area contributed by atoms with E-state index in [0.717, 1.165) is 6.07 Å². The first-order chi connectivity index (χ1) is 10.7. The van der Waals surface area contributed by atoms with Crippen LogP contribution in [-0.2, 0) is 0 Å². The monoisotopic (exact) mass is 302 g/mol. The lowest BCUT2D eigenvalue weighted by Crippen LogP contribution is -1.98. The van der Waals surface area contributed by atoms with Crippen molar-refractivity contribution in [2.24, 2.45) is 0 Å². The van der Waals surface area contributed by atoms with E-state index < -0.39 is 11.6 Å². The van der Waals surface area contributed by atoms with Gasteiger partial charge in [0, 0.05) is 17.2 Å². The fraction of sp³-hybridized carbons (Fsp3) is 0.0667. The number of ether oxygens (including phenoxy) is 1. The van der Waals surface area contributed by atoms with Crippen LogP contribution in [0.4, 0.5) is 20.3 Å². The predicted octanol–water partition coefficient (Wildman–Crippen LogP) is 3.50. The average molecular weight is 302 g/mol. The summed E-state index contributed by atoms with van der Waals surface area (Å²) in [6.45, 7) is 0. The van der Waals surface area contributed by atoms with E-state index in [4.69, 9.17) is 4.74 Å². The van der Waals surface area contributed by atoms with E-state index in [0.29, 0.717) is 22.8 Å². The van der Waals surface area contributed by atoms with Crippen molar-refractivity contribution in [2.45, 2.75) is 0 Å². The van der Waals surface area contributed by atoms with Crippen LogP contribution in [0, 0.1) is 11.6 Å². The van der Waals surface area contributed by atoms with Crippen LogP contribution in [0.3, 0.4) is 0 Å². The lowest BCUT2D eigenvalue weighted by molar-refractivity contribution is 0.418. The van der Waals surface area contributed by atoms with Crippen molar-refractivity contribution in [2.75, 3.05) is 12.4 Å². The maximum absolute atomic E-state index is 14.0. The topological polar surface area (TPSA) is 62.8 Å². The summed E-state index contributed by atoms with van der Waals surface area (Å²) in [7, 11) is 1.48. The Morgan fingerprint density at radius 2 is 2.00 bits per heavy atom. The molecule has 0 atom stereocenters. The van der Waals surface area contributed by atoms with Gasteiger partial charge in [-0.2, -0.15) is 10.3 Å². The van der Waals surface area contributed by atoms with E-state index >= 15 is 0 Å². The molecule has 0 radical (unpaired) electrons. The molecule has 7 heteroatoms. The molecule has 0 aliphatic heterocycles. The molecule has 5 nitrogen and oxygen atoms in total. The maximum atomic E-state index is 14.0. The Labute approximate surface area is 124 Å². The molecule has 1 aromatic heterocycles. The molecule has 22 heavy (non-hydrogen) atoms. The third-order valence-electron chi connectivity index (χ3n) is 3.12. The van der Waals surface area contributed by atoms with Crippen LogP contribution in [0.2, 0.25) is 0 Å². The molecule has 0 saturated carbocycles. The molecule has 0 bridgehead atoms. The number of rotatable bonds is 4. The van der Waals surface area contributed by atoms with Crippen LogP contribution in [0.15, 0.2) is 42.6 Å². The van der Waals surface area contributed by atoms with E-state index in [1.54, 1.807) is 18.2 Å². The van der Waals surface area contributed by atoms with E-state index in [-0.39, 0.29) is 5.56 Å². The van der Waals surface area contributed by atoms with Gasteiger partial charge < -0.3 is 10.1 Å². The Balaban J connectivity index is 2.08. The number of aromatic amines is 1. The second-order valence-corrected chi connectivity index (χ2v) is 4.49. The number of hydrogen-bond acceptors (Lipinski definition) is 4. The molecule has 0 spiro atoms. The molecule has 0 amide bonds. The predicted molar refractivity (Wildman–Crippen MR) is 78.0 cm³/mol. The average Bonchev–Trinajstić information content (AvgIpc) is 3.00. The van der Waals surface area contributed by atoms with Gasteiger partial charge in [0.2, 0.25) is 0 Å². The summed E-state index contributed by atoms with van der Waals surface area (Å²) in [6, 6.07) is 8.62. The quantitative estimate of drug-likeness (QED) is 0.774. The molecule has 0 saturated heterocycles. The van der Waals surface area contributed by atoms with Gasteiger partial charge in [0.05, 0.1) is 19.0 Å². The third-order valence-corrected chi connectivity index (χ3v) is 3.12. The third kappa shape index (κ3) is 2.60. The van der Waals surface area contributed by atoms with Crippen molar-refractivity contribution in [1.82, 2.24) is 15.4 Å². The minimum atomic E-state index is -0.656. The molecule has 0 aliphatic carbocycles. The van der Waals surface area contributed by atoms with Gasteiger partial charge >= 0.3 is 0 Å². The van der Waals surface area contributed by atoms with Crippen molar-refractivity contribution in [1.29, 1.82) is 0 Å². The number of benzene rings is 2. The summed E-state index contributed by atoms with van der Waals surface area (Å²) in [5, 5.41) is 13.1. The minimum Gasteiger partial charge on any atom is -0.494 e. The van der Waals surface area contributed by atoms with Gasteiger partial charge in [-0.3, -0.25) is 0 Å². The molecule has 0 fully saturated rings. The van der Waals surface area contributed by atoms with Gasteiger partial charge in [0.1, 0.15) is 17.4 Å². The van der Waals surface area contributed by atoms with Crippen LogP contribution in [0.5, 0.6) is 5.75 Å². The summed E-state index contributed by atoms with van der Waals surface area (Å²) in [4.78, 5) is 0. The standard InChI is InChI=1S/C15H12F2N4O/c1-22-15-11(10-6-5-9(16)7-12(10)17)3-2-4-13(15)19-14-8-18-21-20-14/h2-8H,1H3,(H2,18,19,20,21). The SMILES string of the molecule is COc1c(Nc2cn[nH]n2)cccc1-c1ccc(F)cc1F. The Bertz CT molecular complexity index is 790. The Morgan fingerprint density at radius 1 is 1.14 bits per heavy atom. The number of anilines is 2. The smallest absolute Gasteiger partial charge is 0.172 e. The first-order valence-corrected chi connectivity index (χ1v) is 6.44. The molecule has 0 aliphatic rings. The number of methoxy groups -OCH3 is 1. The fourth-order valence-corrected chi connectivity index (χ4v) is 2.18. The number of nitrogens with zero attached hydrogens (tertiary/aromatic N) is 2. The van der Waals surface area contributed by atoms with E-state index in [1.807, 2.05) is 0 Å². The van der Waals surface area contributed by atoms with Gasteiger partial charge in [-0.05, 0) is 18.2 Å². The largest absolute Gasteiger partial charge is 0.494 e. The van der Waals surface area contributed by atoms with Crippen molar-refractivity contribution in [3.8, 4) is 16.9 Å². The lowest BCUT2D eigenvalue weighted by atomic mass is 10.0. The van der Waals surface area contributed by atoms with Crippen LogP contribution in [0.1, 0.15) is 0 Å². The molecule has 0 unspecified atom stereocenters. The van der Waals surface area contributed by atoms with Crippen LogP contribution in [-0.4, -0.2) is 22.5 Å². The zero-order valence-corrected chi connectivity index (χ0v) is 11.6. The summed E-state index contributed by atoms with van der Waals surface area (Å²) >= 11 is 0. The van der Waals surface area contributed by atoms with Gasteiger partial charge in [0.15, 0.2) is 5.82 Å². The van der Waals surface area contributed by atoms with Gasteiger partial charge in [-0.1, -0.05) is 12.1 Å². The summed E-state index contributed by atoms with van der Waals surface area (Å²) in [6.07, 6.45) is 1.50. The molecular formula is C15H12F2N4O. The maximum Gasteiger partial charge on any atom is 0.172 e. The highest BCUT2D eigenvalue weighted by atomic mass is 19.1. The first kappa shape index (κ1) is 14.0. The Kier molecular flexibility index (Phi) is 3.69. The first-order valence-electron chi connectivity index (χ1n) is 6.44. The Hall–Kier alpha value is -2.96. The van der Waals surface area contributed by atoms with Crippen LogP contribution in [0.25, 0.3) is 11.1 Å². The van der Waals surface area contributed by atoms with Gasteiger partial charge in [0.25, 0.3) is 0 Å². The number of halogens is 2. The molecule has 2 N–H and O–H groups in total. The van der Waals surface area contributed by atoms with E-state index in [2.05, 4.69) is 20.7 Å². The molecule has 3 rings (SSSR count). The van der Waals surface area contributed by atoms with E-state index in [1.165, 1.54) is 25.4 Å². The van der Waals surface area contributed by atoms with Crippen molar-refractivity contribution >= 4 is 11.5 Å². The zero-order valence-electron chi connectivity index (χ0n) is 11.6. The molecule has 2 aromatic carbocycles. The van der Waals surface area contributed by atoms with Crippen molar-refractivity contribution < 1.29 is 13.5 Å². The van der Waals surface area contributed by atoms with Gasteiger partial charge in [-0.25, -0.2) is 8.78 Å². The second kappa shape index (κ2) is 5.80. The summed E-state index contributed by atoms with van der Waals surface area (Å²) in [5.41, 5.74) is 1.35. The van der Waals surface area contributed by atoms with Crippen LogP contribution < -0.4 is 10.1 Å². The summed E-state index contributed by atoms with van der Waals surface area (Å²) < 4.78 is 32.5. The molecule has 3 aromatic rings. The lowest BCUT2D eigenvalue weighted by Gasteiger charge is -2.14. The number of hydrogen-bond donors (Lipinski definition) is 2. The fourth-order valence-electron chi connectivity index (χ4n) is 2.18. The second-order valence-electron chi connectivity index (χ2n) is 4.49.